The number of halogens is 3. The van der Waals surface area contributed by atoms with Crippen molar-refractivity contribution in [1.29, 1.82) is 0 Å². The van der Waals surface area contributed by atoms with Gasteiger partial charge in [0.2, 0.25) is 0 Å². The van der Waals surface area contributed by atoms with Gasteiger partial charge in [-0.3, -0.25) is 0 Å². The lowest BCUT2D eigenvalue weighted by Gasteiger charge is -2.33. The molecular formula is C30H33Br3O2. The Morgan fingerprint density at radius 2 is 1.26 bits per heavy atom. The molecule has 35 heavy (non-hydrogen) atoms. The van der Waals surface area contributed by atoms with Gasteiger partial charge in [-0.15, -0.1) is 0 Å². The molecule has 0 bridgehead atoms. The molecule has 4 aliphatic rings. The molecule has 0 radical (unpaired) electrons. The molecule has 2 heterocycles. The van der Waals surface area contributed by atoms with Crippen molar-refractivity contribution in [2.24, 2.45) is 0 Å². The SMILES string of the molecule is CC(Br)C1=CC2(CCOCC2)c2ccc(Br)cc21.CCC1=CC2(CCOCC2)c2ccc(Br)cc21. The third-order valence-electron chi connectivity index (χ3n) is 8.15. The monoisotopic (exact) mass is 662 g/mol. The molecule has 186 valence electrons. The third kappa shape index (κ3) is 4.93. The van der Waals surface area contributed by atoms with Gasteiger partial charge < -0.3 is 9.47 Å². The van der Waals surface area contributed by atoms with Crippen LogP contribution >= 0.6 is 47.8 Å². The smallest absolute Gasteiger partial charge is 0.0477 e. The van der Waals surface area contributed by atoms with Gasteiger partial charge >= 0.3 is 0 Å². The van der Waals surface area contributed by atoms with Crippen molar-refractivity contribution in [2.45, 2.75) is 61.6 Å². The Bertz CT molecular complexity index is 1150. The molecule has 5 heteroatoms. The summed E-state index contributed by atoms with van der Waals surface area (Å²) in [5.41, 5.74) is 9.25. The van der Waals surface area contributed by atoms with Gasteiger partial charge in [-0.1, -0.05) is 79.0 Å². The first-order chi connectivity index (χ1) is 16.9. The fourth-order valence-corrected chi connectivity index (χ4v) is 7.37. The molecule has 0 aromatic heterocycles. The lowest BCUT2D eigenvalue weighted by atomic mass is 9.76. The highest BCUT2D eigenvalue weighted by atomic mass is 79.9. The van der Waals surface area contributed by atoms with Crippen LogP contribution in [0.3, 0.4) is 0 Å². The van der Waals surface area contributed by atoms with Gasteiger partial charge in [-0.05, 0) is 96.7 Å². The summed E-state index contributed by atoms with van der Waals surface area (Å²) in [5.74, 6) is 0. The second kappa shape index (κ2) is 10.6. The number of benzene rings is 2. The van der Waals surface area contributed by atoms with E-state index in [0.717, 1.165) is 63.0 Å². The normalized spacial score (nSPS) is 22.1. The van der Waals surface area contributed by atoms with Gasteiger partial charge in [0.1, 0.15) is 0 Å². The number of hydrogen-bond acceptors (Lipinski definition) is 2. The Morgan fingerprint density at radius 3 is 1.77 bits per heavy atom. The van der Waals surface area contributed by atoms with E-state index in [2.05, 4.69) is 110 Å². The number of ether oxygens (including phenoxy) is 2. The maximum Gasteiger partial charge on any atom is 0.0477 e. The number of rotatable bonds is 2. The lowest BCUT2D eigenvalue weighted by Crippen LogP contribution is -2.30. The topological polar surface area (TPSA) is 18.5 Å². The number of allylic oxidation sites excluding steroid dienone is 4. The van der Waals surface area contributed by atoms with Crippen molar-refractivity contribution in [3.63, 3.8) is 0 Å². The van der Waals surface area contributed by atoms with E-state index in [9.17, 15) is 0 Å². The van der Waals surface area contributed by atoms with Gasteiger partial charge in [0.05, 0.1) is 0 Å². The average Bonchev–Trinajstić information content (AvgIpc) is 3.32. The van der Waals surface area contributed by atoms with Crippen LogP contribution in [-0.4, -0.2) is 31.3 Å². The lowest BCUT2D eigenvalue weighted by molar-refractivity contribution is 0.0661. The molecule has 1 atom stereocenters. The largest absolute Gasteiger partial charge is 0.381 e. The zero-order chi connectivity index (χ0) is 24.6. The van der Waals surface area contributed by atoms with Gasteiger partial charge in [0.15, 0.2) is 0 Å². The third-order valence-corrected chi connectivity index (χ3v) is 9.63. The van der Waals surface area contributed by atoms with E-state index in [-0.39, 0.29) is 10.8 Å². The molecular weight excluding hydrogens is 632 g/mol. The molecule has 6 rings (SSSR count). The summed E-state index contributed by atoms with van der Waals surface area (Å²) >= 11 is 10.9. The average molecular weight is 665 g/mol. The molecule has 2 aromatic rings. The maximum atomic E-state index is 5.54. The Hall–Kier alpha value is -0.720. The first kappa shape index (κ1) is 25.9. The summed E-state index contributed by atoms with van der Waals surface area (Å²) in [6.45, 7) is 7.97. The highest BCUT2D eigenvalue weighted by Gasteiger charge is 2.40. The van der Waals surface area contributed by atoms with E-state index >= 15 is 0 Å². The van der Waals surface area contributed by atoms with E-state index in [1.165, 1.54) is 37.9 Å². The first-order valence-electron chi connectivity index (χ1n) is 12.7. The summed E-state index contributed by atoms with van der Waals surface area (Å²) in [7, 11) is 0. The standard InChI is InChI=1S/C15H16Br2O.C15H17BrO/c1-10(16)13-9-15(4-6-18-7-5-15)14-3-2-11(17)8-12(13)14;1-2-11-10-15(5-7-17-8-6-15)14-4-3-12(16)9-13(11)14/h2-3,8-10H,4-7H2,1H3;3-4,9-10H,2,5-8H2,1H3. The van der Waals surface area contributed by atoms with Crippen molar-refractivity contribution < 1.29 is 9.47 Å². The summed E-state index contributed by atoms with van der Waals surface area (Å²) < 4.78 is 13.4. The van der Waals surface area contributed by atoms with Crippen LogP contribution in [0, 0.1) is 0 Å². The molecule has 1 unspecified atom stereocenters. The molecule has 2 saturated heterocycles. The Labute approximate surface area is 234 Å². The van der Waals surface area contributed by atoms with Gasteiger partial charge in [0.25, 0.3) is 0 Å². The van der Waals surface area contributed by atoms with Crippen LogP contribution in [0.1, 0.15) is 68.2 Å². The van der Waals surface area contributed by atoms with Crippen molar-refractivity contribution in [2.75, 3.05) is 26.4 Å². The number of fused-ring (bicyclic) bond motifs is 4. The second-order valence-corrected chi connectivity index (χ2v) is 13.4. The van der Waals surface area contributed by atoms with Crippen LogP contribution in [0.4, 0.5) is 0 Å². The molecule has 2 aliphatic heterocycles. The van der Waals surface area contributed by atoms with Gasteiger partial charge in [0, 0.05) is 51.0 Å². The summed E-state index contributed by atoms with van der Waals surface area (Å²) in [4.78, 5) is 0.396. The van der Waals surface area contributed by atoms with Crippen molar-refractivity contribution in [3.8, 4) is 0 Å². The van der Waals surface area contributed by atoms with Crippen LogP contribution < -0.4 is 0 Å². The van der Waals surface area contributed by atoms with E-state index in [4.69, 9.17) is 9.47 Å². The summed E-state index contributed by atoms with van der Waals surface area (Å²) in [6, 6.07) is 13.4. The highest BCUT2D eigenvalue weighted by Crippen LogP contribution is 2.50. The maximum absolute atomic E-state index is 5.54. The number of hydrogen-bond donors (Lipinski definition) is 0. The highest BCUT2D eigenvalue weighted by molar-refractivity contribution is 9.10. The first-order valence-corrected chi connectivity index (χ1v) is 15.2. The predicted octanol–water partition coefficient (Wildman–Crippen LogP) is 8.98. The minimum absolute atomic E-state index is 0.214. The summed E-state index contributed by atoms with van der Waals surface area (Å²) in [5, 5.41) is 0. The Balaban J connectivity index is 0.000000145. The van der Waals surface area contributed by atoms with Crippen LogP contribution in [0.15, 0.2) is 57.5 Å². The predicted molar refractivity (Wildman–Crippen MR) is 156 cm³/mol. The van der Waals surface area contributed by atoms with Crippen LogP contribution in [0.2, 0.25) is 0 Å². The second-order valence-electron chi connectivity index (χ2n) is 10.2. The molecule has 0 amide bonds. The molecule has 0 N–H and O–H groups in total. The molecule has 0 saturated carbocycles. The fraction of sp³-hybridized carbons (Fsp3) is 0.467. The molecule has 2 aromatic carbocycles. The Kier molecular flexibility index (Phi) is 7.82. The van der Waals surface area contributed by atoms with Crippen LogP contribution in [-0.2, 0) is 20.3 Å². The quantitative estimate of drug-likeness (QED) is 0.299. The minimum atomic E-state index is 0.214. The molecule has 2 spiro atoms. The zero-order valence-electron chi connectivity index (χ0n) is 20.5. The number of alkyl halides is 1. The molecule has 2 nitrogen and oxygen atoms in total. The molecule has 2 fully saturated rings. The van der Waals surface area contributed by atoms with E-state index in [1.807, 2.05) is 0 Å². The van der Waals surface area contributed by atoms with E-state index < -0.39 is 0 Å². The fourth-order valence-electron chi connectivity index (χ4n) is 6.27. The van der Waals surface area contributed by atoms with Crippen molar-refractivity contribution in [3.05, 3.63) is 79.7 Å². The Morgan fingerprint density at radius 1 is 0.771 bits per heavy atom. The van der Waals surface area contributed by atoms with Crippen LogP contribution in [0.5, 0.6) is 0 Å². The minimum Gasteiger partial charge on any atom is -0.381 e. The molecule has 2 aliphatic carbocycles. The van der Waals surface area contributed by atoms with Crippen molar-refractivity contribution >= 4 is 58.9 Å². The van der Waals surface area contributed by atoms with Crippen LogP contribution in [0.25, 0.3) is 11.1 Å². The summed E-state index contributed by atoms with van der Waals surface area (Å²) in [6.07, 6.45) is 10.6. The van der Waals surface area contributed by atoms with Crippen molar-refractivity contribution in [1.82, 2.24) is 0 Å². The zero-order valence-corrected chi connectivity index (χ0v) is 25.3. The van der Waals surface area contributed by atoms with E-state index in [0.29, 0.717) is 4.83 Å². The van der Waals surface area contributed by atoms with Gasteiger partial charge in [-0.25, -0.2) is 0 Å². The van der Waals surface area contributed by atoms with Gasteiger partial charge in [-0.2, -0.15) is 0 Å². The van der Waals surface area contributed by atoms with E-state index in [1.54, 1.807) is 0 Å².